The van der Waals surface area contributed by atoms with Gasteiger partial charge >= 0.3 is 0 Å². The van der Waals surface area contributed by atoms with E-state index in [2.05, 4.69) is 15.8 Å². The third-order valence-electron chi connectivity index (χ3n) is 3.75. The van der Waals surface area contributed by atoms with Crippen LogP contribution in [0.15, 0.2) is 47.6 Å². The topological polar surface area (TPSA) is 96.6 Å². The minimum Gasteiger partial charge on any atom is -0.376 e. The van der Waals surface area contributed by atoms with Crippen molar-refractivity contribution in [1.29, 1.82) is 0 Å². The highest BCUT2D eigenvalue weighted by molar-refractivity contribution is 5.99. The van der Waals surface area contributed by atoms with Gasteiger partial charge in [-0.3, -0.25) is 14.9 Å². The van der Waals surface area contributed by atoms with Crippen LogP contribution in [-0.2, 0) is 4.79 Å². The monoisotopic (exact) mass is 340 g/mol. The van der Waals surface area contributed by atoms with Crippen LogP contribution >= 0.6 is 0 Å². The van der Waals surface area contributed by atoms with Crippen molar-refractivity contribution in [1.82, 2.24) is 5.43 Å². The number of benzene rings is 2. The van der Waals surface area contributed by atoms with Gasteiger partial charge in [0.1, 0.15) is 0 Å². The number of aryl methyl sites for hydroxylation is 2. The Morgan fingerprint density at radius 3 is 2.28 bits per heavy atom. The van der Waals surface area contributed by atoms with Gasteiger partial charge in [0, 0.05) is 17.8 Å². The summed E-state index contributed by atoms with van der Waals surface area (Å²) in [5.74, 6) is -0.274. The average molecular weight is 340 g/mol. The van der Waals surface area contributed by atoms with E-state index in [0.29, 0.717) is 11.3 Å². The van der Waals surface area contributed by atoms with Crippen LogP contribution < -0.4 is 10.7 Å². The summed E-state index contributed by atoms with van der Waals surface area (Å²) in [4.78, 5) is 22.1. The fourth-order valence-electron chi connectivity index (χ4n) is 2.34. The number of carbonyl (C=O) groups excluding carboxylic acids is 1. The highest BCUT2D eigenvalue weighted by atomic mass is 16.6. The molecule has 0 unspecified atom stereocenters. The van der Waals surface area contributed by atoms with E-state index in [0.717, 1.165) is 16.8 Å². The van der Waals surface area contributed by atoms with E-state index < -0.39 is 4.92 Å². The first-order chi connectivity index (χ1) is 11.9. The number of nitrogens with zero attached hydrogens (tertiary/aromatic N) is 2. The number of amides is 1. The van der Waals surface area contributed by atoms with Crippen molar-refractivity contribution < 1.29 is 9.72 Å². The summed E-state index contributed by atoms with van der Waals surface area (Å²) in [6.45, 7) is 5.78. The molecule has 0 aliphatic carbocycles. The van der Waals surface area contributed by atoms with Gasteiger partial charge in [-0.15, -0.1) is 0 Å². The number of hydrazone groups is 1. The van der Waals surface area contributed by atoms with E-state index in [1.54, 1.807) is 19.1 Å². The van der Waals surface area contributed by atoms with Crippen LogP contribution in [0.1, 0.15) is 23.6 Å². The number of non-ortho nitro benzene ring substituents is 1. The van der Waals surface area contributed by atoms with E-state index >= 15 is 0 Å². The van der Waals surface area contributed by atoms with E-state index in [-0.39, 0.29) is 18.1 Å². The SMILES string of the molecule is CC(=NNC(=O)CNc1c(C)cccc1C)c1ccc([N+](=O)[O-])cc1. The number of nitro benzene ring substituents is 1. The zero-order valence-electron chi connectivity index (χ0n) is 14.4. The van der Waals surface area contributed by atoms with Gasteiger partial charge in [-0.1, -0.05) is 18.2 Å². The summed E-state index contributed by atoms with van der Waals surface area (Å²) in [7, 11) is 0. The predicted molar refractivity (Wildman–Crippen MR) is 97.9 cm³/mol. The first-order valence-corrected chi connectivity index (χ1v) is 7.76. The second-order valence-electron chi connectivity index (χ2n) is 5.66. The number of hydrogen-bond donors (Lipinski definition) is 2. The van der Waals surface area contributed by atoms with Crippen LogP contribution in [0.2, 0.25) is 0 Å². The van der Waals surface area contributed by atoms with Crippen LogP contribution in [0, 0.1) is 24.0 Å². The molecule has 7 heteroatoms. The summed E-state index contributed by atoms with van der Waals surface area (Å²) >= 11 is 0. The van der Waals surface area contributed by atoms with Crippen LogP contribution in [0.4, 0.5) is 11.4 Å². The molecule has 130 valence electrons. The third kappa shape index (κ3) is 4.87. The molecule has 0 fully saturated rings. The molecule has 1 amide bonds. The van der Waals surface area contributed by atoms with Crippen molar-refractivity contribution >= 4 is 23.0 Å². The number of nitrogens with one attached hydrogen (secondary N) is 2. The number of para-hydroxylation sites is 1. The Bertz CT molecular complexity index is 793. The van der Waals surface area contributed by atoms with Crippen molar-refractivity contribution in [3.8, 4) is 0 Å². The molecule has 2 aromatic rings. The molecule has 7 nitrogen and oxygen atoms in total. The van der Waals surface area contributed by atoms with Crippen LogP contribution in [-0.4, -0.2) is 23.1 Å². The summed E-state index contributed by atoms with van der Waals surface area (Å²) < 4.78 is 0. The van der Waals surface area contributed by atoms with Gasteiger partial charge in [0.2, 0.25) is 0 Å². The molecule has 0 radical (unpaired) electrons. The largest absolute Gasteiger partial charge is 0.376 e. The molecule has 0 saturated carbocycles. The molecular weight excluding hydrogens is 320 g/mol. The maximum Gasteiger partial charge on any atom is 0.269 e. The van der Waals surface area contributed by atoms with Crippen LogP contribution in [0.3, 0.4) is 0 Å². The summed E-state index contributed by atoms with van der Waals surface area (Å²) in [5.41, 5.74) is 6.83. The first-order valence-electron chi connectivity index (χ1n) is 7.76. The molecule has 0 aromatic heterocycles. The van der Waals surface area contributed by atoms with Gasteiger partial charge in [0.15, 0.2) is 0 Å². The number of anilines is 1. The molecule has 0 aliphatic rings. The van der Waals surface area contributed by atoms with E-state index in [1.165, 1.54) is 12.1 Å². The molecule has 0 aliphatic heterocycles. The Hall–Kier alpha value is -3.22. The molecule has 0 atom stereocenters. The predicted octanol–water partition coefficient (Wildman–Crippen LogP) is 3.16. The summed E-state index contributed by atoms with van der Waals surface area (Å²) in [6, 6.07) is 11.9. The maximum atomic E-state index is 11.9. The van der Waals surface area contributed by atoms with Gasteiger partial charge < -0.3 is 5.32 Å². The summed E-state index contributed by atoms with van der Waals surface area (Å²) in [5, 5.41) is 17.8. The highest BCUT2D eigenvalue weighted by Crippen LogP contribution is 2.18. The second kappa shape index (κ2) is 8.05. The lowest BCUT2D eigenvalue weighted by molar-refractivity contribution is -0.384. The number of carbonyl (C=O) groups is 1. The Labute approximate surface area is 145 Å². The fourth-order valence-corrected chi connectivity index (χ4v) is 2.34. The maximum absolute atomic E-state index is 11.9. The van der Waals surface area contributed by atoms with Gasteiger partial charge in [-0.05, 0) is 49.6 Å². The molecule has 2 aromatic carbocycles. The minimum absolute atomic E-state index is 0.0124. The van der Waals surface area contributed by atoms with Crippen molar-refractivity contribution in [2.24, 2.45) is 5.10 Å². The molecule has 25 heavy (non-hydrogen) atoms. The van der Waals surface area contributed by atoms with E-state index in [9.17, 15) is 14.9 Å². The highest BCUT2D eigenvalue weighted by Gasteiger charge is 2.07. The number of rotatable bonds is 6. The molecule has 0 spiro atoms. The van der Waals surface area contributed by atoms with Crippen molar-refractivity contribution in [3.63, 3.8) is 0 Å². The lowest BCUT2D eigenvalue weighted by Crippen LogP contribution is -2.27. The standard InChI is InChI=1S/C18H20N4O3/c1-12-5-4-6-13(2)18(12)19-11-17(23)21-20-14(3)15-7-9-16(10-8-15)22(24)25/h4-10,19H,11H2,1-3H3,(H,21,23). The lowest BCUT2D eigenvalue weighted by Gasteiger charge is -2.11. The number of nitro groups is 1. The Kier molecular flexibility index (Phi) is 5.84. The molecule has 0 heterocycles. The fraction of sp³-hybridized carbons (Fsp3) is 0.222. The summed E-state index contributed by atoms with van der Waals surface area (Å²) in [6.07, 6.45) is 0. The van der Waals surface area contributed by atoms with Gasteiger partial charge in [0.25, 0.3) is 11.6 Å². The van der Waals surface area contributed by atoms with Crippen molar-refractivity contribution in [2.75, 3.05) is 11.9 Å². The Morgan fingerprint density at radius 2 is 1.72 bits per heavy atom. The quantitative estimate of drug-likeness (QED) is 0.479. The minimum atomic E-state index is -0.461. The van der Waals surface area contributed by atoms with Gasteiger partial charge in [-0.25, -0.2) is 5.43 Å². The number of hydrogen-bond acceptors (Lipinski definition) is 5. The van der Waals surface area contributed by atoms with E-state index in [4.69, 9.17) is 0 Å². The first kappa shape index (κ1) is 18.1. The molecular formula is C18H20N4O3. The zero-order chi connectivity index (χ0) is 18.4. The Balaban J connectivity index is 1.94. The zero-order valence-corrected chi connectivity index (χ0v) is 14.4. The molecule has 0 bridgehead atoms. The van der Waals surface area contributed by atoms with Crippen molar-refractivity contribution in [2.45, 2.75) is 20.8 Å². The third-order valence-corrected chi connectivity index (χ3v) is 3.75. The molecule has 0 saturated heterocycles. The Morgan fingerprint density at radius 1 is 1.12 bits per heavy atom. The van der Waals surface area contributed by atoms with Crippen LogP contribution in [0.5, 0.6) is 0 Å². The van der Waals surface area contributed by atoms with Gasteiger partial charge in [0.05, 0.1) is 17.2 Å². The smallest absolute Gasteiger partial charge is 0.269 e. The molecule has 2 rings (SSSR count). The normalized spacial score (nSPS) is 11.1. The second-order valence-corrected chi connectivity index (χ2v) is 5.66. The van der Waals surface area contributed by atoms with Crippen LogP contribution in [0.25, 0.3) is 0 Å². The molecule has 2 N–H and O–H groups in total. The average Bonchev–Trinajstić information content (AvgIpc) is 2.59. The lowest BCUT2D eigenvalue weighted by atomic mass is 10.1. The van der Waals surface area contributed by atoms with E-state index in [1.807, 2.05) is 32.0 Å². The van der Waals surface area contributed by atoms with Gasteiger partial charge in [-0.2, -0.15) is 5.10 Å². The van der Waals surface area contributed by atoms with Crippen molar-refractivity contribution in [3.05, 3.63) is 69.3 Å².